The molecule has 0 radical (unpaired) electrons. The van der Waals surface area contributed by atoms with E-state index in [0.717, 1.165) is 0 Å². The fourth-order valence-corrected chi connectivity index (χ4v) is 4.67. The maximum absolute atomic E-state index is 13.2. The lowest BCUT2D eigenvalue weighted by Crippen LogP contribution is -2.41. The van der Waals surface area contributed by atoms with Gasteiger partial charge in [-0.05, 0) is 23.8 Å². The lowest BCUT2D eigenvalue weighted by Gasteiger charge is -2.27. The fourth-order valence-electron chi connectivity index (χ4n) is 2.87. The quantitative estimate of drug-likeness (QED) is 0.655. The molecule has 1 aliphatic heterocycles. The fraction of sp³-hybridized carbons (Fsp3) is 0.368. The van der Waals surface area contributed by atoms with Gasteiger partial charge in [0.05, 0.1) is 23.1 Å². The van der Waals surface area contributed by atoms with Crippen LogP contribution < -0.4 is 10.1 Å². The van der Waals surface area contributed by atoms with E-state index in [1.807, 2.05) is 0 Å². The highest BCUT2D eigenvalue weighted by Gasteiger charge is 2.28. The molecule has 0 bridgehead atoms. The minimum atomic E-state index is -3.57. The van der Waals surface area contributed by atoms with Gasteiger partial charge in [-0.25, -0.2) is 12.8 Å². The van der Waals surface area contributed by atoms with Crippen LogP contribution in [0, 0.1) is 5.82 Å². The van der Waals surface area contributed by atoms with Gasteiger partial charge >= 0.3 is 0 Å². The Kier molecular flexibility index (Phi) is 7.25. The van der Waals surface area contributed by atoms with E-state index < -0.39 is 15.8 Å². The van der Waals surface area contributed by atoms with Crippen molar-refractivity contribution in [2.24, 2.45) is 0 Å². The zero-order valence-corrected chi connectivity index (χ0v) is 16.8. The number of rotatable bonds is 8. The first-order valence-corrected chi connectivity index (χ1v) is 10.7. The summed E-state index contributed by atoms with van der Waals surface area (Å²) in [6.07, 6.45) is 0. The number of hydrogen-bond acceptors (Lipinski definition) is 5. The van der Waals surface area contributed by atoms with E-state index in [0.29, 0.717) is 54.9 Å². The highest BCUT2D eigenvalue weighted by molar-refractivity contribution is 7.89. The van der Waals surface area contributed by atoms with Crippen molar-refractivity contribution in [3.8, 4) is 5.75 Å². The summed E-state index contributed by atoms with van der Waals surface area (Å²) < 4.78 is 51.2. The molecule has 2 aromatic carbocycles. The second kappa shape index (κ2) is 9.67. The molecule has 1 saturated heterocycles. The van der Waals surface area contributed by atoms with Crippen molar-refractivity contribution in [1.29, 1.82) is 0 Å². The molecule has 0 unspecified atom stereocenters. The van der Waals surface area contributed by atoms with Crippen LogP contribution in [-0.4, -0.2) is 52.2 Å². The largest absolute Gasteiger partial charge is 0.491 e. The Morgan fingerprint density at radius 1 is 1.18 bits per heavy atom. The van der Waals surface area contributed by atoms with E-state index in [9.17, 15) is 12.8 Å². The highest BCUT2D eigenvalue weighted by atomic mass is 35.5. The number of ether oxygens (including phenoxy) is 2. The van der Waals surface area contributed by atoms with Gasteiger partial charge in [-0.1, -0.05) is 29.8 Å². The molecule has 0 saturated carbocycles. The Labute approximate surface area is 169 Å². The Bertz CT molecular complexity index is 905. The Morgan fingerprint density at radius 2 is 1.93 bits per heavy atom. The highest BCUT2D eigenvalue weighted by Crippen LogP contribution is 2.25. The second-order valence-electron chi connectivity index (χ2n) is 6.22. The molecule has 0 amide bonds. The zero-order chi connectivity index (χ0) is 20.0. The monoisotopic (exact) mass is 428 g/mol. The molecular formula is C19H22ClFN2O4S. The minimum Gasteiger partial charge on any atom is -0.491 e. The third kappa shape index (κ3) is 5.21. The molecular weight excluding hydrogens is 407 g/mol. The molecule has 2 aromatic rings. The van der Waals surface area contributed by atoms with Crippen molar-refractivity contribution in [3.63, 3.8) is 0 Å². The van der Waals surface area contributed by atoms with Crippen LogP contribution in [0.5, 0.6) is 5.75 Å². The predicted molar refractivity (Wildman–Crippen MR) is 105 cm³/mol. The third-order valence-electron chi connectivity index (χ3n) is 4.31. The first-order valence-electron chi connectivity index (χ1n) is 8.93. The summed E-state index contributed by atoms with van der Waals surface area (Å²) in [4.78, 5) is 0.290. The molecule has 6 nitrogen and oxygen atoms in total. The molecule has 152 valence electrons. The Hall–Kier alpha value is -1.71. The number of hydrogen-bond donors (Lipinski definition) is 1. The van der Waals surface area contributed by atoms with Crippen molar-refractivity contribution < 1.29 is 22.3 Å². The van der Waals surface area contributed by atoms with Crippen LogP contribution >= 0.6 is 11.6 Å². The van der Waals surface area contributed by atoms with Gasteiger partial charge in [0.25, 0.3) is 0 Å². The maximum Gasteiger partial charge on any atom is 0.243 e. The number of nitrogens with one attached hydrogen (secondary N) is 1. The zero-order valence-electron chi connectivity index (χ0n) is 15.2. The molecule has 9 heteroatoms. The first kappa shape index (κ1) is 21.0. The number of benzene rings is 2. The number of morpholine rings is 1. The predicted octanol–water partition coefficient (Wildman–Crippen LogP) is 2.67. The van der Waals surface area contributed by atoms with E-state index in [4.69, 9.17) is 21.1 Å². The van der Waals surface area contributed by atoms with Gasteiger partial charge in [0.1, 0.15) is 18.2 Å². The van der Waals surface area contributed by atoms with E-state index in [2.05, 4.69) is 5.32 Å². The number of sulfonamides is 1. The van der Waals surface area contributed by atoms with E-state index in [1.54, 1.807) is 24.3 Å². The molecule has 0 atom stereocenters. The first-order chi connectivity index (χ1) is 13.5. The van der Waals surface area contributed by atoms with Crippen LogP contribution in [-0.2, 0) is 21.3 Å². The van der Waals surface area contributed by atoms with Crippen LogP contribution in [0.2, 0.25) is 5.02 Å². The van der Waals surface area contributed by atoms with E-state index in [-0.39, 0.29) is 12.4 Å². The average molecular weight is 429 g/mol. The van der Waals surface area contributed by atoms with Gasteiger partial charge in [0.2, 0.25) is 10.0 Å². The van der Waals surface area contributed by atoms with Crippen molar-refractivity contribution in [1.82, 2.24) is 9.62 Å². The van der Waals surface area contributed by atoms with Gasteiger partial charge in [-0.2, -0.15) is 4.31 Å². The number of halogens is 2. The minimum absolute atomic E-state index is 0.265. The van der Waals surface area contributed by atoms with Crippen LogP contribution in [0.15, 0.2) is 47.4 Å². The summed E-state index contributed by atoms with van der Waals surface area (Å²) in [7, 11) is -3.57. The molecule has 0 aromatic heterocycles. The van der Waals surface area contributed by atoms with Gasteiger partial charge in [-0.15, -0.1) is 0 Å². The summed E-state index contributed by atoms with van der Waals surface area (Å²) in [5.41, 5.74) is 0.678. The van der Waals surface area contributed by atoms with E-state index in [1.165, 1.54) is 22.5 Å². The third-order valence-corrected chi connectivity index (χ3v) is 6.62. The Balaban J connectivity index is 1.57. The average Bonchev–Trinajstić information content (AvgIpc) is 2.71. The van der Waals surface area contributed by atoms with Crippen molar-refractivity contribution in [2.75, 3.05) is 39.5 Å². The summed E-state index contributed by atoms with van der Waals surface area (Å²) in [6.45, 7) is 2.58. The molecule has 3 rings (SSSR count). The molecule has 1 aliphatic rings. The summed E-state index contributed by atoms with van der Waals surface area (Å²) in [6, 6.07) is 10.8. The molecule has 1 heterocycles. The van der Waals surface area contributed by atoms with Crippen LogP contribution in [0.1, 0.15) is 5.56 Å². The second-order valence-corrected chi connectivity index (χ2v) is 8.54. The van der Waals surface area contributed by atoms with Crippen molar-refractivity contribution in [3.05, 3.63) is 58.9 Å². The Morgan fingerprint density at radius 3 is 2.71 bits per heavy atom. The molecule has 28 heavy (non-hydrogen) atoms. The maximum atomic E-state index is 13.2. The topological polar surface area (TPSA) is 67.9 Å². The SMILES string of the molecule is O=S(=O)(c1ccccc1CNCCOc1cc(F)ccc1Cl)N1CCOCC1. The van der Waals surface area contributed by atoms with Gasteiger partial charge in [0, 0.05) is 32.2 Å². The van der Waals surface area contributed by atoms with Crippen LogP contribution in [0.25, 0.3) is 0 Å². The standard InChI is InChI=1S/C19H22ClFN2O4S/c20-17-6-5-16(21)13-18(17)27-10-7-22-14-15-3-1-2-4-19(15)28(24,25)23-8-11-26-12-9-23/h1-6,13,22H,7-12,14H2. The number of nitrogens with zero attached hydrogens (tertiary/aromatic N) is 1. The lowest BCUT2D eigenvalue weighted by molar-refractivity contribution is 0.0730. The van der Waals surface area contributed by atoms with E-state index >= 15 is 0 Å². The summed E-state index contributed by atoms with van der Waals surface area (Å²) in [5.74, 6) is -0.145. The van der Waals surface area contributed by atoms with Crippen LogP contribution in [0.4, 0.5) is 4.39 Å². The molecule has 0 spiro atoms. The smallest absolute Gasteiger partial charge is 0.243 e. The summed E-state index contributed by atoms with van der Waals surface area (Å²) >= 11 is 5.96. The summed E-state index contributed by atoms with van der Waals surface area (Å²) in [5, 5.41) is 3.49. The molecule has 1 N–H and O–H groups in total. The van der Waals surface area contributed by atoms with Gasteiger partial charge in [-0.3, -0.25) is 0 Å². The molecule has 0 aliphatic carbocycles. The molecule has 1 fully saturated rings. The van der Waals surface area contributed by atoms with Crippen molar-refractivity contribution >= 4 is 21.6 Å². The normalized spacial score (nSPS) is 15.5. The van der Waals surface area contributed by atoms with Gasteiger partial charge < -0.3 is 14.8 Å². The lowest BCUT2D eigenvalue weighted by atomic mass is 10.2. The van der Waals surface area contributed by atoms with Crippen molar-refractivity contribution in [2.45, 2.75) is 11.4 Å². The van der Waals surface area contributed by atoms with Gasteiger partial charge in [0.15, 0.2) is 0 Å². The van der Waals surface area contributed by atoms with Crippen LogP contribution in [0.3, 0.4) is 0 Å².